The summed E-state index contributed by atoms with van der Waals surface area (Å²) < 4.78 is 54.1. The number of halogens is 1. The molecule has 0 saturated carbocycles. The van der Waals surface area contributed by atoms with Crippen molar-refractivity contribution in [3.63, 3.8) is 0 Å². The predicted octanol–water partition coefficient (Wildman–Crippen LogP) is 6.74. The average molecular weight is 613 g/mol. The molecule has 1 aliphatic rings. The number of nitrogens with zero attached hydrogens (tertiary/aromatic N) is 3. The summed E-state index contributed by atoms with van der Waals surface area (Å²) in [5, 5.41) is 3.86. The number of nitrogens with one attached hydrogen (secondary N) is 1. The highest BCUT2D eigenvalue weighted by atomic mass is 32.2. The van der Waals surface area contributed by atoms with Gasteiger partial charge in [-0.25, -0.2) is 8.42 Å². The Balaban J connectivity index is 1.72. The maximum Gasteiger partial charge on any atom is 0.263 e. The van der Waals surface area contributed by atoms with Gasteiger partial charge in [-0.15, -0.1) is 0 Å². The second kappa shape index (κ2) is 13.8. The molecular formula is C32H41FN4O5S. The molecule has 0 unspecified atom stereocenters. The second-order valence-electron chi connectivity index (χ2n) is 10.8. The van der Waals surface area contributed by atoms with Crippen LogP contribution >= 0.6 is 0 Å². The maximum absolute atomic E-state index is 13.6. The van der Waals surface area contributed by atoms with Crippen molar-refractivity contribution in [3.05, 3.63) is 64.9 Å². The SMILES string of the molecule is CCCCC1=N[C@@](CC)(CCF)C(=O)N1Cc1ccc(-c2ccccc2S(=O)(=O)Nc2noc(C)c2C)c(COCC)c1. The third kappa shape index (κ3) is 6.83. The van der Waals surface area contributed by atoms with Crippen molar-refractivity contribution in [1.29, 1.82) is 0 Å². The van der Waals surface area contributed by atoms with E-state index in [-0.39, 0.29) is 36.2 Å². The second-order valence-corrected chi connectivity index (χ2v) is 12.4. The number of aromatic nitrogens is 1. The third-order valence-electron chi connectivity index (χ3n) is 7.97. The summed E-state index contributed by atoms with van der Waals surface area (Å²) in [5.41, 5.74) is 2.37. The van der Waals surface area contributed by atoms with Crippen molar-refractivity contribution in [2.24, 2.45) is 4.99 Å². The number of alkyl halides is 1. The Morgan fingerprint density at radius 1 is 1.09 bits per heavy atom. The fraction of sp³-hybridized carbons (Fsp3) is 0.469. The van der Waals surface area contributed by atoms with Crippen LogP contribution in [0.4, 0.5) is 10.2 Å². The first-order valence-electron chi connectivity index (χ1n) is 14.8. The largest absolute Gasteiger partial charge is 0.377 e. The predicted molar refractivity (Wildman–Crippen MR) is 165 cm³/mol. The Morgan fingerprint density at radius 2 is 1.86 bits per heavy atom. The number of hydrogen-bond acceptors (Lipinski definition) is 7. The summed E-state index contributed by atoms with van der Waals surface area (Å²) in [5.74, 6) is 1.19. The molecule has 0 saturated heterocycles. The van der Waals surface area contributed by atoms with Gasteiger partial charge in [-0.1, -0.05) is 61.8 Å². The van der Waals surface area contributed by atoms with Gasteiger partial charge in [0, 0.05) is 30.6 Å². The van der Waals surface area contributed by atoms with Crippen LogP contribution in [0.25, 0.3) is 11.1 Å². The van der Waals surface area contributed by atoms with Crippen LogP contribution in [0.15, 0.2) is 56.9 Å². The molecule has 3 aromatic rings. The van der Waals surface area contributed by atoms with Crippen molar-refractivity contribution in [2.75, 3.05) is 18.0 Å². The lowest BCUT2D eigenvalue weighted by molar-refractivity contribution is -0.132. The molecule has 1 aliphatic heterocycles. The van der Waals surface area contributed by atoms with E-state index in [1.165, 1.54) is 0 Å². The van der Waals surface area contributed by atoms with Gasteiger partial charge in [0.05, 0.1) is 24.7 Å². The van der Waals surface area contributed by atoms with Crippen molar-refractivity contribution in [1.82, 2.24) is 10.1 Å². The van der Waals surface area contributed by atoms with Crippen LogP contribution < -0.4 is 4.72 Å². The number of carbonyl (C=O) groups excluding carboxylic acids is 1. The fourth-order valence-corrected chi connectivity index (χ4v) is 6.56. The molecule has 11 heteroatoms. The van der Waals surface area contributed by atoms with Gasteiger partial charge in [-0.3, -0.25) is 23.8 Å². The van der Waals surface area contributed by atoms with E-state index < -0.39 is 22.2 Å². The number of aliphatic imine (C=N–C) groups is 1. The van der Waals surface area contributed by atoms with Gasteiger partial charge >= 0.3 is 0 Å². The lowest BCUT2D eigenvalue weighted by Gasteiger charge is -2.25. The van der Waals surface area contributed by atoms with Crippen LogP contribution in [0.5, 0.6) is 0 Å². The van der Waals surface area contributed by atoms with E-state index in [2.05, 4.69) is 16.8 Å². The van der Waals surface area contributed by atoms with Gasteiger partial charge < -0.3 is 9.26 Å². The molecule has 0 spiro atoms. The lowest BCUT2D eigenvalue weighted by Crippen LogP contribution is -2.42. The van der Waals surface area contributed by atoms with Crippen molar-refractivity contribution in [3.8, 4) is 11.1 Å². The van der Waals surface area contributed by atoms with Gasteiger partial charge in [0.1, 0.15) is 17.1 Å². The minimum absolute atomic E-state index is 0.0652. The quantitative estimate of drug-likeness (QED) is 0.203. The van der Waals surface area contributed by atoms with Crippen LogP contribution in [0.2, 0.25) is 0 Å². The monoisotopic (exact) mass is 612 g/mol. The highest BCUT2D eigenvalue weighted by Gasteiger charge is 2.46. The molecule has 1 aromatic heterocycles. The number of sulfonamides is 1. The molecule has 0 radical (unpaired) electrons. The van der Waals surface area contributed by atoms with E-state index in [4.69, 9.17) is 14.3 Å². The van der Waals surface area contributed by atoms with Crippen molar-refractivity contribution in [2.45, 2.75) is 90.3 Å². The first-order valence-corrected chi connectivity index (χ1v) is 16.3. The summed E-state index contributed by atoms with van der Waals surface area (Å²) in [7, 11) is -4.02. The highest BCUT2D eigenvalue weighted by molar-refractivity contribution is 7.92. The molecule has 1 atom stereocenters. The molecule has 4 rings (SSSR count). The van der Waals surface area contributed by atoms with Gasteiger partial charge in [0.25, 0.3) is 15.9 Å². The molecule has 232 valence electrons. The zero-order valence-corrected chi connectivity index (χ0v) is 26.4. The van der Waals surface area contributed by atoms with Crippen LogP contribution in [0.1, 0.15) is 75.3 Å². The van der Waals surface area contributed by atoms with Crippen molar-refractivity contribution < 1.29 is 26.9 Å². The minimum atomic E-state index is -4.02. The van der Waals surface area contributed by atoms with Gasteiger partial charge in [-0.2, -0.15) is 0 Å². The number of carbonyl (C=O) groups is 1. The van der Waals surface area contributed by atoms with Crippen LogP contribution in [0, 0.1) is 13.8 Å². The summed E-state index contributed by atoms with van der Waals surface area (Å²) in [6, 6.07) is 12.5. The third-order valence-corrected chi connectivity index (χ3v) is 9.37. The van der Waals surface area contributed by atoms with Crippen LogP contribution in [0.3, 0.4) is 0 Å². The Morgan fingerprint density at radius 3 is 2.51 bits per heavy atom. The number of ether oxygens (including phenoxy) is 1. The van der Waals surface area contributed by atoms with Gasteiger partial charge in [-0.05, 0) is 56.4 Å². The average Bonchev–Trinajstić information content (AvgIpc) is 3.45. The number of amides is 1. The highest BCUT2D eigenvalue weighted by Crippen LogP contribution is 2.35. The van der Waals surface area contributed by atoms with E-state index in [1.54, 1.807) is 43.0 Å². The number of amidine groups is 1. The number of unbranched alkanes of at least 4 members (excludes halogenated alkanes) is 1. The minimum Gasteiger partial charge on any atom is -0.377 e. The molecule has 43 heavy (non-hydrogen) atoms. The normalized spacial score (nSPS) is 17.0. The first-order chi connectivity index (χ1) is 20.6. The van der Waals surface area contributed by atoms with E-state index in [0.717, 1.165) is 24.0 Å². The number of rotatable bonds is 15. The summed E-state index contributed by atoms with van der Waals surface area (Å²) in [4.78, 5) is 20.2. The van der Waals surface area contributed by atoms with Gasteiger partial charge in [0.2, 0.25) is 0 Å². The first kappa shape index (κ1) is 32.3. The van der Waals surface area contributed by atoms with E-state index in [0.29, 0.717) is 47.7 Å². The number of anilines is 1. The molecule has 0 fully saturated rings. The Bertz CT molecular complexity index is 1590. The molecule has 0 aliphatic carbocycles. The standard InChI is InChI=1S/C32H41FN4O5S/c1-6-9-14-29-34-32(7-2,17-18-33)31(38)37(29)20-24-15-16-26(25(19-24)21-41-8-3)27-12-10-11-13-28(27)43(39,40)36-30-22(4)23(5)42-35-30/h10-13,15-16,19H,6-9,14,17-18,20-21H2,1-5H3,(H,35,36)/t32-/m0/s1. The molecule has 2 aromatic carbocycles. The summed E-state index contributed by atoms with van der Waals surface area (Å²) in [6.07, 6.45) is 2.96. The molecule has 0 bridgehead atoms. The molecule has 2 heterocycles. The number of hydrogen-bond donors (Lipinski definition) is 1. The number of aryl methyl sites for hydroxylation is 1. The molecular weight excluding hydrogens is 571 g/mol. The Hall–Kier alpha value is -3.57. The summed E-state index contributed by atoms with van der Waals surface area (Å²) in [6.45, 7) is 9.68. The van der Waals surface area contributed by atoms with E-state index in [9.17, 15) is 17.6 Å². The lowest BCUT2D eigenvalue weighted by atomic mass is 9.92. The smallest absolute Gasteiger partial charge is 0.263 e. The zero-order chi connectivity index (χ0) is 31.2. The molecule has 1 amide bonds. The fourth-order valence-electron chi connectivity index (χ4n) is 5.28. The van der Waals surface area contributed by atoms with E-state index >= 15 is 0 Å². The van der Waals surface area contributed by atoms with Crippen LogP contribution in [-0.2, 0) is 32.7 Å². The van der Waals surface area contributed by atoms with E-state index in [1.807, 2.05) is 32.0 Å². The number of benzene rings is 2. The summed E-state index contributed by atoms with van der Waals surface area (Å²) >= 11 is 0. The maximum atomic E-state index is 13.6. The molecule has 1 N–H and O–H groups in total. The van der Waals surface area contributed by atoms with Crippen LogP contribution in [-0.4, -0.2) is 49.0 Å². The van der Waals surface area contributed by atoms with Gasteiger partial charge in [0.15, 0.2) is 5.82 Å². The topological polar surface area (TPSA) is 114 Å². The zero-order valence-electron chi connectivity index (χ0n) is 25.6. The van der Waals surface area contributed by atoms with Crippen molar-refractivity contribution >= 4 is 27.6 Å². The Labute approximate surface area is 253 Å². The molecule has 9 nitrogen and oxygen atoms in total. The Kier molecular flexibility index (Phi) is 10.4.